The van der Waals surface area contributed by atoms with E-state index < -0.39 is 0 Å². The number of hydrogen-bond acceptors (Lipinski definition) is 4. The molecule has 0 amide bonds. The van der Waals surface area contributed by atoms with Gasteiger partial charge in [-0.25, -0.2) is 0 Å². The smallest absolute Gasteiger partial charge is 0.0561 e. The van der Waals surface area contributed by atoms with Crippen LogP contribution in [0.5, 0.6) is 0 Å². The average Bonchev–Trinajstić information content (AvgIpc) is 2.79. The Kier molecular flexibility index (Phi) is 6.73. The first-order valence-corrected chi connectivity index (χ1v) is 7.02. The molecular weight excluding hydrogens is 232 g/mol. The summed E-state index contributed by atoms with van der Waals surface area (Å²) in [6, 6.07) is 4.77. The number of thiophene rings is 1. The highest BCUT2D eigenvalue weighted by Crippen LogP contribution is 2.26. The molecule has 4 heteroatoms. The maximum Gasteiger partial charge on any atom is 0.0561 e. The van der Waals surface area contributed by atoms with Gasteiger partial charge in [-0.15, -0.1) is 11.3 Å². The quantitative estimate of drug-likeness (QED) is 0.725. The monoisotopic (exact) mass is 256 g/mol. The van der Waals surface area contributed by atoms with Crippen LogP contribution in [0.3, 0.4) is 0 Å². The van der Waals surface area contributed by atoms with Gasteiger partial charge in [-0.2, -0.15) is 0 Å². The molecule has 0 aliphatic carbocycles. The van der Waals surface area contributed by atoms with Crippen molar-refractivity contribution in [1.82, 2.24) is 4.90 Å². The Morgan fingerprint density at radius 1 is 1.47 bits per heavy atom. The van der Waals surface area contributed by atoms with Crippen LogP contribution in [0.25, 0.3) is 0 Å². The summed E-state index contributed by atoms with van der Waals surface area (Å²) in [5.41, 5.74) is 5.89. The molecule has 1 atom stereocenters. The second-order valence-corrected chi connectivity index (χ2v) is 5.44. The Bertz CT molecular complexity index is 314. The van der Waals surface area contributed by atoms with E-state index in [1.807, 2.05) is 11.3 Å². The maximum absolute atomic E-state index is 5.89. The van der Waals surface area contributed by atoms with Crippen LogP contribution in [0.1, 0.15) is 29.1 Å². The van der Waals surface area contributed by atoms with Crippen molar-refractivity contribution in [3.8, 4) is 0 Å². The molecule has 1 aromatic rings. The number of aryl methyl sites for hydroxylation is 1. The highest BCUT2D eigenvalue weighted by molar-refractivity contribution is 7.12. The standard InChI is InChI=1S/C13H24N2OS/c1-4-11-6-7-13(17-11)12(10-14)15(2)8-5-9-16-3/h6-7,12H,4-5,8-10,14H2,1-3H3. The van der Waals surface area contributed by atoms with Crippen molar-refractivity contribution in [2.75, 3.05) is 33.9 Å². The molecule has 1 rings (SSSR count). The third kappa shape index (κ3) is 4.39. The summed E-state index contributed by atoms with van der Waals surface area (Å²) in [4.78, 5) is 5.14. The van der Waals surface area contributed by atoms with Crippen molar-refractivity contribution in [3.05, 3.63) is 21.9 Å². The molecule has 0 fully saturated rings. The van der Waals surface area contributed by atoms with E-state index in [2.05, 4.69) is 31.0 Å². The molecule has 0 aliphatic heterocycles. The van der Waals surface area contributed by atoms with E-state index in [4.69, 9.17) is 10.5 Å². The second kappa shape index (κ2) is 7.82. The maximum atomic E-state index is 5.89. The summed E-state index contributed by atoms with van der Waals surface area (Å²) in [5, 5.41) is 0. The fourth-order valence-electron chi connectivity index (χ4n) is 1.89. The van der Waals surface area contributed by atoms with Crippen LogP contribution in [0.4, 0.5) is 0 Å². The average molecular weight is 256 g/mol. The lowest BCUT2D eigenvalue weighted by atomic mass is 10.2. The van der Waals surface area contributed by atoms with Crippen LogP contribution < -0.4 is 5.73 Å². The minimum atomic E-state index is 0.345. The van der Waals surface area contributed by atoms with Crippen LogP contribution >= 0.6 is 11.3 Å². The third-order valence-corrected chi connectivity index (χ3v) is 4.30. The molecule has 0 aromatic carbocycles. The molecule has 0 saturated carbocycles. The summed E-state index contributed by atoms with van der Waals surface area (Å²) in [5.74, 6) is 0. The number of ether oxygens (including phenoxy) is 1. The topological polar surface area (TPSA) is 38.5 Å². The normalized spacial score (nSPS) is 13.2. The van der Waals surface area contributed by atoms with Crippen molar-refractivity contribution < 1.29 is 4.74 Å². The van der Waals surface area contributed by atoms with E-state index in [9.17, 15) is 0 Å². The van der Waals surface area contributed by atoms with Crippen LogP contribution in [0.15, 0.2) is 12.1 Å². The van der Waals surface area contributed by atoms with Crippen molar-refractivity contribution in [1.29, 1.82) is 0 Å². The van der Waals surface area contributed by atoms with Gasteiger partial charge in [0.2, 0.25) is 0 Å². The molecule has 0 saturated heterocycles. The Hall–Kier alpha value is -0.420. The van der Waals surface area contributed by atoms with Crippen molar-refractivity contribution in [2.45, 2.75) is 25.8 Å². The number of methoxy groups -OCH3 is 1. The van der Waals surface area contributed by atoms with E-state index >= 15 is 0 Å². The Labute approximate surface area is 109 Å². The lowest BCUT2D eigenvalue weighted by Crippen LogP contribution is -2.31. The number of nitrogens with two attached hydrogens (primary N) is 1. The first-order valence-electron chi connectivity index (χ1n) is 6.20. The van der Waals surface area contributed by atoms with Gasteiger partial charge >= 0.3 is 0 Å². The van der Waals surface area contributed by atoms with E-state index in [1.54, 1.807) is 7.11 Å². The predicted molar refractivity (Wildman–Crippen MR) is 74.6 cm³/mol. The fraction of sp³-hybridized carbons (Fsp3) is 0.692. The molecule has 0 aliphatic rings. The highest BCUT2D eigenvalue weighted by atomic mass is 32.1. The zero-order valence-corrected chi connectivity index (χ0v) is 11.9. The van der Waals surface area contributed by atoms with E-state index in [0.29, 0.717) is 12.6 Å². The summed E-state index contributed by atoms with van der Waals surface area (Å²) in [6.45, 7) is 4.70. The summed E-state index contributed by atoms with van der Waals surface area (Å²) < 4.78 is 5.08. The molecule has 0 spiro atoms. The van der Waals surface area contributed by atoms with Gasteiger partial charge in [-0.05, 0) is 32.0 Å². The lowest BCUT2D eigenvalue weighted by molar-refractivity contribution is 0.167. The Morgan fingerprint density at radius 3 is 2.76 bits per heavy atom. The number of rotatable bonds is 8. The van der Waals surface area contributed by atoms with Gasteiger partial charge in [0.1, 0.15) is 0 Å². The van der Waals surface area contributed by atoms with Crippen molar-refractivity contribution >= 4 is 11.3 Å². The first kappa shape index (κ1) is 14.6. The van der Waals surface area contributed by atoms with Crippen molar-refractivity contribution in [3.63, 3.8) is 0 Å². The van der Waals surface area contributed by atoms with E-state index in [0.717, 1.165) is 26.0 Å². The third-order valence-electron chi connectivity index (χ3n) is 2.97. The minimum absolute atomic E-state index is 0.345. The summed E-state index contributed by atoms with van der Waals surface area (Å²) in [7, 11) is 3.88. The Balaban J connectivity index is 2.56. The van der Waals surface area contributed by atoms with Gasteiger partial charge in [0.15, 0.2) is 0 Å². The number of hydrogen-bond donors (Lipinski definition) is 1. The zero-order valence-electron chi connectivity index (χ0n) is 11.1. The number of likely N-dealkylation sites (N-methyl/N-ethyl adjacent to an activating group) is 1. The van der Waals surface area contributed by atoms with Crippen LogP contribution in [0.2, 0.25) is 0 Å². The Morgan fingerprint density at radius 2 is 2.24 bits per heavy atom. The van der Waals surface area contributed by atoms with Crippen LogP contribution in [0, 0.1) is 0 Å². The first-order chi connectivity index (χ1) is 8.22. The van der Waals surface area contributed by atoms with E-state index in [-0.39, 0.29) is 0 Å². The van der Waals surface area contributed by atoms with Gasteiger partial charge in [-0.1, -0.05) is 6.92 Å². The molecule has 3 nitrogen and oxygen atoms in total. The zero-order chi connectivity index (χ0) is 12.7. The molecule has 0 bridgehead atoms. The molecule has 1 heterocycles. The number of nitrogens with zero attached hydrogens (tertiary/aromatic N) is 1. The van der Waals surface area contributed by atoms with Gasteiger partial charge in [0.05, 0.1) is 6.04 Å². The SMILES string of the molecule is CCc1ccc(C(CN)N(C)CCCOC)s1. The summed E-state index contributed by atoms with van der Waals surface area (Å²) in [6.07, 6.45) is 2.16. The molecular formula is C13H24N2OS. The van der Waals surface area contributed by atoms with Gasteiger partial charge in [0.25, 0.3) is 0 Å². The highest BCUT2D eigenvalue weighted by Gasteiger charge is 2.16. The summed E-state index contributed by atoms with van der Waals surface area (Å²) >= 11 is 1.88. The van der Waals surface area contributed by atoms with Crippen LogP contribution in [-0.2, 0) is 11.2 Å². The van der Waals surface area contributed by atoms with Gasteiger partial charge < -0.3 is 10.5 Å². The lowest BCUT2D eigenvalue weighted by Gasteiger charge is -2.25. The minimum Gasteiger partial charge on any atom is -0.385 e. The van der Waals surface area contributed by atoms with Crippen LogP contribution in [-0.4, -0.2) is 38.8 Å². The fourth-order valence-corrected chi connectivity index (χ4v) is 3.02. The molecule has 1 aromatic heterocycles. The molecule has 98 valence electrons. The van der Waals surface area contributed by atoms with Gasteiger partial charge in [-0.3, -0.25) is 4.90 Å². The molecule has 0 radical (unpaired) electrons. The largest absolute Gasteiger partial charge is 0.385 e. The molecule has 1 unspecified atom stereocenters. The second-order valence-electron chi connectivity index (χ2n) is 4.24. The van der Waals surface area contributed by atoms with E-state index in [1.165, 1.54) is 9.75 Å². The predicted octanol–water partition coefficient (Wildman–Crippen LogP) is 2.28. The molecule has 2 N–H and O–H groups in total. The van der Waals surface area contributed by atoms with Gasteiger partial charge in [0, 0.05) is 36.6 Å². The molecule has 17 heavy (non-hydrogen) atoms. The van der Waals surface area contributed by atoms with Crippen molar-refractivity contribution in [2.24, 2.45) is 5.73 Å².